The van der Waals surface area contributed by atoms with Crippen LogP contribution < -0.4 is 5.32 Å². The Kier molecular flexibility index (Phi) is 9.06. The van der Waals surface area contributed by atoms with Crippen LogP contribution in [0.25, 0.3) is 0 Å². The first kappa shape index (κ1) is 24.1. The molecule has 1 heterocycles. The number of nitrogens with one attached hydrogen (secondary N) is 1. The Balaban J connectivity index is 2.11. The largest absolute Gasteiger partial charge is 0.480 e. The van der Waals surface area contributed by atoms with E-state index in [-0.39, 0.29) is 13.0 Å². The minimum Gasteiger partial charge on any atom is -0.480 e. The Morgan fingerprint density at radius 1 is 1.20 bits per heavy atom. The molecule has 1 aliphatic heterocycles. The number of aliphatic carboxylic acids is 1. The first-order valence-electron chi connectivity index (χ1n) is 10.5. The van der Waals surface area contributed by atoms with E-state index in [2.05, 4.69) is 12.2 Å². The molecule has 0 aromatic heterocycles. The smallest absolute Gasteiger partial charge is 0.326 e. The number of unbranched alkanes of at least 4 members (excludes halogenated alkanes) is 3. The van der Waals surface area contributed by atoms with E-state index in [1.807, 2.05) is 0 Å². The van der Waals surface area contributed by atoms with Gasteiger partial charge in [-0.25, -0.2) is 4.79 Å². The number of nitrogens with zero attached hydrogens (tertiary/aromatic N) is 1. The van der Waals surface area contributed by atoms with Crippen LogP contribution in [0.5, 0.6) is 0 Å². The predicted octanol–water partition coefficient (Wildman–Crippen LogP) is 3.06. The van der Waals surface area contributed by atoms with Crippen LogP contribution >= 0.6 is 7.37 Å². The fourth-order valence-electron chi connectivity index (χ4n) is 3.68. The summed E-state index contributed by atoms with van der Waals surface area (Å²) in [6.45, 7) is 2.31. The van der Waals surface area contributed by atoms with E-state index in [4.69, 9.17) is 0 Å². The summed E-state index contributed by atoms with van der Waals surface area (Å²) in [6.07, 6.45) is 3.96. The van der Waals surface area contributed by atoms with E-state index in [0.29, 0.717) is 24.8 Å². The number of carbonyl (C=O) groups excluding carboxylic acids is 2. The van der Waals surface area contributed by atoms with Gasteiger partial charge in [0.1, 0.15) is 18.0 Å². The Morgan fingerprint density at radius 3 is 2.53 bits per heavy atom. The molecule has 3 atom stereocenters. The third kappa shape index (κ3) is 6.67. The van der Waals surface area contributed by atoms with Gasteiger partial charge < -0.3 is 20.2 Å². The molecule has 0 radical (unpaired) electrons. The lowest BCUT2D eigenvalue weighted by molar-refractivity contribution is -0.147. The normalized spacial score (nSPS) is 19.1. The number of carboxylic acids is 1. The molecule has 0 saturated carbocycles. The van der Waals surface area contributed by atoms with E-state index < -0.39 is 43.1 Å². The Morgan fingerprint density at radius 2 is 1.90 bits per heavy atom. The Labute approximate surface area is 177 Å². The van der Waals surface area contributed by atoms with Crippen molar-refractivity contribution in [1.29, 1.82) is 0 Å². The molecular formula is C21H31N2O6P. The van der Waals surface area contributed by atoms with Gasteiger partial charge >= 0.3 is 5.97 Å². The maximum Gasteiger partial charge on any atom is 0.326 e. The molecule has 0 aliphatic carbocycles. The second-order valence-corrected chi connectivity index (χ2v) is 10.2. The van der Waals surface area contributed by atoms with Crippen molar-refractivity contribution in [3.8, 4) is 0 Å². The molecule has 3 N–H and O–H groups in total. The molecule has 1 aliphatic rings. The van der Waals surface area contributed by atoms with Gasteiger partial charge in [-0.15, -0.1) is 0 Å². The number of amides is 2. The molecule has 0 spiro atoms. The molecule has 2 unspecified atom stereocenters. The van der Waals surface area contributed by atoms with Crippen LogP contribution in [0.2, 0.25) is 0 Å². The molecule has 1 fully saturated rings. The number of carbonyl (C=O) groups is 3. The van der Waals surface area contributed by atoms with Gasteiger partial charge in [0, 0.05) is 12.1 Å². The maximum absolute atomic E-state index is 13.1. The van der Waals surface area contributed by atoms with E-state index in [9.17, 15) is 28.9 Å². The summed E-state index contributed by atoms with van der Waals surface area (Å²) in [5.74, 6) is -3.29. The molecule has 0 bridgehead atoms. The summed E-state index contributed by atoms with van der Waals surface area (Å²) in [6, 6.07) is 7.43. The highest BCUT2D eigenvalue weighted by atomic mass is 31.2. The van der Waals surface area contributed by atoms with Crippen LogP contribution in [0, 0.1) is 0 Å². The van der Waals surface area contributed by atoms with E-state index in [1.54, 1.807) is 30.3 Å². The summed E-state index contributed by atoms with van der Waals surface area (Å²) in [5.41, 5.74) is 0.368. The van der Waals surface area contributed by atoms with Crippen molar-refractivity contribution in [2.75, 3.05) is 12.7 Å². The SMILES string of the molecule is CCCCCCC(NC(=O)c1ccccc1)P(=O)(O)CC(=O)N1CCC[C@H]1C(=O)O. The van der Waals surface area contributed by atoms with Crippen molar-refractivity contribution in [1.82, 2.24) is 10.2 Å². The lowest BCUT2D eigenvalue weighted by atomic mass is 10.1. The molecule has 2 rings (SSSR count). The van der Waals surface area contributed by atoms with Crippen LogP contribution in [0.15, 0.2) is 30.3 Å². The van der Waals surface area contributed by atoms with Crippen molar-refractivity contribution >= 4 is 25.2 Å². The number of benzene rings is 1. The van der Waals surface area contributed by atoms with E-state index >= 15 is 0 Å². The first-order chi connectivity index (χ1) is 14.3. The van der Waals surface area contributed by atoms with Gasteiger partial charge in [0.15, 0.2) is 0 Å². The van der Waals surface area contributed by atoms with Gasteiger partial charge in [-0.3, -0.25) is 14.2 Å². The molecule has 1 aromatic carbocycles. The quantitative estimate of drug-likeness (QED) is 0.360. The molecule has 30 heavy (non-hydrogen) atoms. The van der Waals surface area contributed by atoms with Crippen LogP contribution in [0.3, 0.4) is 0 Å². The zero-order valence-corrected chi connectivity index (χ0v) is 18.2. The van der Waals surface area contributed by atoms with Gasteiger partial charge in [0.05, 0.1) is 0 Å². The highest BCUT2D eigenvalue weighted by Gasteiger charge is 2.40. The monoisotopic (exact) mass is 438 g/mol. The molecule has 166 valence electrons. The van der Waals surface area contributed by atoms with Crippen LogP contribution in [-0.4, -0.2) is 57.2 Å². The van der Waals surface area contributed by atoms with Gasteiger partial charge in [0.2, 0.25) is 13.3 Å². The fourth-order valence-corrected chi connectivity index (χ4v) is 5.37. The fraction of sp³-hybridized carbons (Fsp3) is 0.571. The summed E-state index contributed by atoms with van der Waals surface area (Å²) in [4.78, 5) is 48.4. The van der Waals surface area contributed by atoms with Gasteiger partial charge in [-0.2, -0.15) is 0 Å². The molecule has 1 saturated heterocycles. The Bertz CT molecular complexity index is 785. The van der Waals surface area contributed by atoms with Crippen molar-refractivity contribution in [3.63, 3.8) is 0 Å². The van der Waals surface area contributed by atoms with Crippen LogP contribution in [0.1, 0.15) is 62.2 Å². The highest BCUT2D eigenvalue weighted by molar-refractivity contribution is 7.59. The standard InChI is InChI=1S/C21H31N2O6P/c1-2-3-4-8-13-18(22-20(25)16-10-6-5-7-11-16)30(28,29)15-19(24)23-14-9-12-17(23)21(26)27/h5-7,10-11,17-18H,2-4,8-9,12-15H2,1H3,(H,22,25)(H,26,27)(H,28,29)/t17-,18?/m0/s1. The second kappa shape index (κ2) is 11.3. The minimum atomic E-state index is -4.11. The summed E-state index contributed by atoms with van der Waals surface area (Å²) in [7, 11) is -4.11. The molecular weight excluding hydrogens is 407 g/mol. The number of rotatable bonds is 11. The molecule has 8 nitrogen and oxygen atoms in total. The third-order valence-corrected chi connectivity index (χ3v) is 7.46. The number of hydrogen-bond acceptors (Lipinski definition) is 4. The summed E-state index contributed by atoms with van der Waals surface area (Å²) < 4.78 is 13.1. The number of carboxylic acid groups (broad SMARTS) is 1. The highest BCUT2D eigenvalue weighted by Crippen LogP contribution is 2.47. The zero-order valence-electron chi connectivity index (χ0n) is 17.3. The lowest BCUT2D eigenvalue weighted by Gasteiger charge is -2.27. The topological polar surface area (TPSA) is 124 Å². The molecule has 1 aromatic rings. The van der Waals surface area contributed by atoms with Gasteiger partial charge in [-0.05, 0) is 31.4 Å². The lowest BCUT2D eigenvalue weighted by Crippen LogP contribution is -2.43. The average Bonchev–Trinajstić information content (AvgIpc) is 3.21. The minimum absolute atomic E-state index is 0.257. The van der Waals surface area contributed by atoms with Crippen molar-refractivity contribution in [3.05, 3.63) is 35.9 Å². The number of likely N-dealkylation sites (tertiary alicyclic amines) is 1. The van der Waals surface area contributed by atoms with Crippen molar-refractivity contribution in [2.45, 2.75) is 63.7 Å². The maximum atomic E-state index is 13.1. The van der Waals surface area contributed by atoms with E-state index in [0.717, 1.165) is 19.3 Å². The van der Waals surface area contributed by atoms with Crippen LogP contribution in [-0.2, 0) is 14.2 Å². The predicted molar refractivity (Wildman–Crippen MR) is 114 cm³/mol. The second-order valence-electron chi connectivity index (χ2n) is 7.70. The van der Waals surface area contributed by atoms with Gasteiger partial charge in [0.25, 0.3) is 5.91 Å². The first-order valence-corrected chi connectivity index (χ1v) is 12.4. The molecule has 2 amide bonds. The van der Waals surface area contributed by atoms with Crippen molar-refractivity contribution < 1.29 is 28.9 Å². The summed E-state index contributed by atoms with van der Waals surface area (Å²) in [5, 5.41) is 11.9. The summed E-state index contributed by atoms with van der Waals surface area (Å²) >= 11 is 0. The average molecular weight is 438 g/mol. The third-order valence-electron chi connectivity index (χ3n) is 5.37. The Hall–Kier alpha value is -2.18. The zero-order chi connectivity index (χ0) is 22.1. The number of hydrogen-bond donors (Lipinski definition) is 3. The van der Waals surface area contributed by atoms with Gasteiger partial charge in [-0.1, -0.05) is 50.8 Å². The van der Waals surface area contributed by atoms with Crippen LogP contribution in [0.4, 0.5) is 0 Å². The van der Waals surface area contributed by atoms with Crippen molar-refractivity contribution in [2.24, 2.45) is 0 Å². The molecule has 9 heteroatoms. The van der Waals surface area contributed by atoms with E-state index in [1.165, 1.54) is 4.90 Å².